The number of nitrogens with zero attached hydrogens (tertiary/aromatic N) is 1. The van der Waals surface area contributed by atoms with E-state index in [0.29, 0.717) is 5.88 Å². The average Bonchev–Trinajstić information content (AvgIpc) is 1.80. The third-order valence-corrected chi connectivity index (χ3v) is 2.29. The molecule has 0 aliphatic rings. The second-order valence-electron chi connectivity index (χ2n) is 2.80. The van der Waals surface area contributed by atoms with Crippen LogP contribution in [0.3, 0.4) is 0 Å². The Bertz CT molecular complexity index is 150. The Morgan fingerprint density at radius 1 is 1.60 bits per heavy atom. The van der Waals surface area contributed by atoms with Crippen molar-refractivity contribution >= 4 is 28.8 Å². The molecule has 0 saturated heterocycles. The standard InChI is InChI=1S/C6H12ClNOS/c1-6(2,3)10(9)8-5-4-7/h5H,4H2,1-3H3/t10-/m0/s1. The first-order valence-electron chi connectivity index (χ1n) is 2.99. The molecule has 0 rings (SSSR count). The molecule has 0 unspecified atom stereocenters. The van der Waals surface area contributed by atoms with Gasteiger partial charge in [0.05, 0.1) is 10.6 Å². The third-order valence-electron chi connectivity index (χ3n) is 0.763. The lowest BCUT2D eigenvalue weighted by atomic mass is 10.3. The van der Waals surface area contributed by atoms with E-state index in [9.17, 15) is 4.21 Å². The molecular weight excluding hydrogens is 170 g/mol. The summed E-state index contributed by atoms with van der Waals surface area (Å²) >= 11 is 5.31. The third kappa shape index (κ3) is 4.01. The van der Waals surface area contributed by atoms with E-state index in [1.165, 1.54) is 6.21 Å². The highest BCUT2D eigenvalue weighted by Gasteiger charge is 2.17. The zero-order valence-electron chi connectivity index (χ0n) is 6.43. The quantitative estimate of drug-likeness (QED) is 0.472. The minimum Gasteiger partial charge on any atom is -0.234 e. The lowest BCUT2D eigenvalue weighted by Crippen LogP contribution is -2.19. The van der Waals surface area contributed by atoms with E-state index in [1.807, 2.05) is 20.8 Å². The monoisotopic (exact) mass is 181 g/mol. The van der Waals surface area contributed by atoms with Crippen molar-refractivity contribution < 1.29 is 4.21 Å². The Labute approximate surface area is 69.3 Å². The predicted molar refractivity (Wildman–Crippen MR) is 47.1 cm³/mol. The van der Waals surface area contributed by atoms with E-state index in [-0.39, 0.29) is 4.75 Å². The number of halogens is 1. The molecule has 0 heterocycles. The molecule has 0 N–H and O–H groups in total. The Hall–Kier alpha value is 0.110. The lowest BCUT2D eigenvalue weighted by molar-refractivity contribution is 0.651. The molecule has 0 aromatic carbocycles. The molecule has 10 heavy (non-hydrogen) atoms. The average molecular weight is 182 g/mol. The summed E-state index contributed by atoms with van der Waals surface area (Å²) in [5.41, 5.74) is 0. The zero-order chi connectivity index (χ0) is 8.20. The zero-order valence-corrected chi connectivity index (χ0v) is 8.00. The molecule has 60 valence electrons. The van der Waals surface area contributed by atoms with Gasteiger partial charge in [-0.3, -0.25) is 0 Å². The fraction of sp³-hybridized carbons (Fsp3) is 0.833. The highest BCUT2D eigenvalue weighted by molar-refractivity contribution is 7.85. The number of hydrogen-bond donors (Lipinski definition) is 0. The maximum atomic E-state index is 11.1. The molecule has 0 aliphatic heterocycles. The van der Waals surface area contributed by atoms with Gasteiger partial charge in [0.25, 0.3) is 0 Å². The van der Waals surface area contributed by atoms with Gasteiger partial charge in [0.2, 0.25) is 0 Å². The molecule has 0 saturated carbocycles. The van der Waals surface area contributed by atoms with Crippen molar-refractivity contribution in [2.45, 2.75) is 25.5 Å². The summed E-state index contributed by atoms with van der Waals surface area (Å²) in [4.78, 5) is 0. The first-order valence-corrected chi connectivity index (χ1v) is 4.63. The van der Waals surface area contributed by atoms with Crippen LogP contribution in [0.25, 0.3) is 0 Å². The topological polar surface area (TPSA) is 29.4 Å². The van der Waals surface area contributed by atoms with Crippen molar-refractivity contribution in [3.8, 4) is 0 Å². The van der Waals surface area contributed by atoms with Crippen LogP contribution in [0.15, 0.2) is 4.40 Å². The molecule has 0 amide bonds. The fourth-order valence-corrected chi connectivity index (χ4v) is 0.931. The Kier molecular flexibility index (Phi) is 4.13. The molecular formula is C6H12ClNOS. The van der Waals surface area contributed by atoms with E-state index in [4.69, 9.17) is 11.6 Å². The lowest BCUT2D eigenvalue weighted by Gasteiger charge is -2.12. The van der Waals surface area contributed by atoms with Gasteiger partial charge in [-0.1, -0.05) is 0 Å². The normalized spacial score (nSPS) is 16.0. The largest absolute Gasteiger partial charge is 0.234 e. The van der Waals surface area contributed by atoms with Crippen molar-refractivity contribution in [2.75, 3.05) is 5.88 Å². The van der Waals surface area contributed by atoms with Gasteiger partial charge in [-0.05, 0) is 20.8 Å². The SMILES string of the molecule is CC(C)(C)[S@](=O)N=CCCl. The summed E-state index contributed by atoms with van der Waals surface area (Å²) in [5, 5.41) is 0. The Balaban J connectivity index is 3.98. The predicted octanol–water partition coefficient (Wildman–Crippen LogP) is 1.76. The van der Waals surface area contributed by atoms with E-state index >= 15 is 0 Å². The summed E-state index contributed by atoms with van der Waals surface area (Å²) < 4.78 is 14.5. The molecule has 4 heteroatoms. The van der Waals surface area contributed by atoms with Gasteiger partial charge in [0.1, 0.15) is 11.0 Å². The molecule has 0 bridgehead atoms. The van der Waals surface area contributed by atoms with Gasteiger partial charge in [-0.25, -0.2) is 4.21 Å². The van der Waals surface area contributed by atoms with Crippen molar-refractivity contribution in [1.82, 2.24) is 0 Å². The van der Waals surface area contributed by atoms with E-state index in [1.54, 1.807) is 0 Å². The van der Waals surface area contributed by atoms with E-state index < -0.39 is 11.0 Å². The van der Waals surface area contributed by atoms with Gasteiger partial charge in [0.15, 0.2) is 0 Å². The highest BCUT2D eigenvalue weighted by Crippen LogP contribution is 2.11. The van der Waals surface area contributed by atoms with Gasteiger partial charge in [0, 0.05) is 6.21 Å². The molecule has 0 aliphatic carbocycles. The summed E-state index contributed by atoms with van der Waals surface area (Å²) in [6.45, 7) is 5.61. The first-order chi connectivity index (χ1) is 4.48. The summed E-state index contributed by atoms with van der Waals surface area (Å²) in [7, 11) is -1.15. The van der Waals surface area contributed by atoms with E-state index in [0.717, 1.165) is 0 Å². The van der Waals surface area contributed by atoms with Gasteiger partial charge in [-0.2, -0.15) is 4.40 Å². The second kappa shape index (κ2) is 4.09. The molecule has 0 radical (unpaired) electrons. The van der Waals surface area contributed by atoms with Crippen LogP contribution in [0.2, 0.25) is 0 Å². The highest BCUT2D eigenvalue weighted by atomic mass is 35.5. The summed E-state index contributed by atoms with van der Waals surface area (Å²) in [6.07, 6.45) is 1.46. The fourth-order valence-electron chi connectivity index (χ4n) is 0.254. The number of hydrogen-bond acceptors (Lipinski definition) is 1. The molecule has 0 aromatic rings. The first kappa shape index (κ1) is 10.1. The van der Waals surface area contributed by atoms with Crippen LogP contribution < -0.4 is 0 Å². The number of alkyl halides is 1. The summed E-state index contributed by atoms with van der Waals surface area (Å²) in [6, 6.07) is 0. The van der Waals surface area contributed by atoms with Crippen LogP contribution in [0.5, 0.6) is 0 Å². The smallest absolute Gasteiger partial charge is 0.144 e. The van der Waals surface area contributed by atoms with Crippen LogP contribution in [-0.2, 0) is 11.0 Å². The van der Waals surface area contributed by atoms with Crippen LogP contribution in [0, 0.1) is 0 Å². The van der Waals surface area contributed by atoms with Gasteiger partial charge in [-0.15, -0.1) is 11.6 Å². The van der Waals surface area contributed by atoms with Crippen LogP contribution in [-0.4, -0.2) is 21.1 Å². The molecule has 2 nitrogen and oxygen atoms in total. The summed E-state index contributed by atoms with van der Waals surface area (Å²) in [5.74, 6) is 0.321. The van der Waals surface area contributed by atoms with E-state index in [2.05, 4.69) is 4.40 Å². The second-order valence-corrected chi connectivity index (χ2v) is 5.05. The molecule has 0 spiro atoms. The van der Waals surface area contributed by atoms with Crippen molar-refractivity contribution in [1.29, 1.82) is 0 Å². The minimum atomic E-state index is -1.15. The van der Waals surface area contributed by atoms with Crippen molar-refractivity contribution in [2.24, 2.45) is 4.40 Å². The molecule has 0 fully saturated rings. The van der Waals surface area contributed by atoms with Crippen molar-refractivity contribution in [3.63, 3.8) is 0 Å². The van der Waals surface area contributed by atoms with Crippen LogP contribution in [0.4, 0.5) is 0 Å². The minimum absolute atomic E-state index is 0.275. The molecule has 0 aromatic heterocycles. The molecule has 1 atom stereocenters. The van der Waals surface area contributed by atoms with Crippen molar-refractivity contribution in [3.05, 3.63) is 0 Å². The maximum absolute atomic E-state index is 11.1. The maximum Gasteiger partial charge on any atom is 0.144 e. The van der Waals surface area contributed by atoms with Gasteiger partial charge >= 0.3 is 0 Å². The Morgan fingerprint density at radius 2 is 2.10 bits per heavy atom. The number of rotatable bonds is 2. The van der Waals surface area contributed by atoms with Gasteiger partial charge < -0.3 is 0 Å². The Morgan fingerprint density at radius 3 is 2.40 bits per heavy atom. The van der Waals surface area contributed by atoms with Crippen LogP contribution in [0.1, 0.15) is 20.8 Å². The van der Waals surface area contributed by atoms with Crippen LogP contribution >= 0.6 is 11.6 Å².